The Bertz CT molecular complexity index is 389. The molecular formula is C11H14O3P+. The predicted octanol–water partition coefficient (Wildman–Crippen LogP) is 2.42. The minimum Gasteiger partial charge on any atom is -0.486 e. The van der Waals surface area contributed by atoms with Crippen LogP contribution in [0.5, 0.6) is 5.75 Å². The average molecular weight is 225 g/mol. The standard InChI is InChI=1S/C11H13O3P/c1-8-2-5-11-9(6-8)3-4-10(14-11)7-15(12)13/h2,5-6,10H,3-4,7H2,1H3/p+1/t10-/m0/s1. The smallest absolute Gasteiger partial charge is 0.486 e. The van der Waals surface area contributed by atoms with Gasteiger partial charge >= 0.3 is 8.03 Å². The minimum absolute atomic E-state index is 0.103. The predicted molar refractivity (Wildman–Crippen MR) is 58.6 cm³/mol. The van der Waals surface area contributed by atoms with Gasteiger partial charge in [0.05, 0.1) is 0 Å². The molecule has 3 nitrogen and oxygen atoms in total. The molecule has 80 valence electrons. The molecular weight excluding hydrogens is 211 g/mol. The summed E-state index contributed by atoms with van der Waals surface area (Å²) in [6.07, 6.45) is 1.90. The Labute approximate surface area is 89.9 Å². The second-order valence-corrected chi connectivity index (χ2v) is 4.99. The van der Waals surface area contributed by atoms with Crippen LogP contribution in [0.1, 0.15) is 17.5 Å². The first-order valence-corrected chi connectivity index (χ1v) is 6.44. The molecule has 0 aromatic heterocycles. The van der Waals surface area contributed by atoms with Crippen LogP contribution in [0, 0.1) is 6.92 Å². The molecule has 1 N–H and O–H groups in total. The van der Waals surface area contributed by atoms with Crippen molar-refractivity contribution in [3.63, 3.8) is 0 Å². The zero-order valence-corrected chi connectivity index (χ0v) is 9.54. The molecule has 2 rings (SSSR count). The quantitative estimate of drug-likeness (QED) is 0.786. The normalized spacial score (nSPS) is 20.4. The Morgan fingerprint density at radius 2 is 2.40 bits per heavy atom. The van der Waals surface area contributed by atoms with E-state index in [9.17, 15) is 4.57 Å². The van der Waals surface area contributed by atoms with Gasteiger partial charge in [0.2, 0.25) is 6.16 Å². The van der Waals surface area contributed by atoms with Gasteiger partial charge < -0.3 is 4.74 Å². The summed E-state index contributed by atoms with van der Waals surface area (Å²) >= 11 is 0. The summed E-state index contributed by atoms with van der Waals surface area (Å²) in [7, 11) is -2.09. The average Bonchev–Trinajstić information content (AvgIpc) is 2.17. The van der Waals surface area contributed by atoms with Gasteiger partial charge in [0.15, 0.2) is 0 Å². The maximum atomic E-state index is 10.7. The van der Waals surface area contributed by atoms with Crippen molar-refractivity contribution in [1.82, 2.24) is 0 Å². The van der Waals surface area contributed by atoms with Crippen molar-refractivity contribution in [3.05, 3.63) is 29.3 Å². The maximum Gasteiger partial charge on any atom is 0.509 e. The molecule has 2 atom stereocenters. The first kappa shape index (κ1) is 10.6. The molecule has 1 aromatic rings. The Hall–Kier alpha value is -0.920. The van der Waals surface area contributed by atoms with Crippen molar-refractivity contribution in [2.45, 2.75) is 25.9 Å². The third-order valence-corrected chi connectivity index (χ3v) is 3.32. The van der Waals surface area contributed by atoms with Crippen LogP contribution in [0.2, 0.25) is 0 Å². The van der Waals surface area contributed by atoms with Crippen molar-refractivity contribution in [3.8, 4) is 5.75 Å². The molecule has 1 unspecified atom stereocenters. The summed E-state index contributed by atoms with van der Waals surface area (Å²) in [5, 5.41) is 0. The number of hydrogen-bond acceptors (Lipinski definition) is 2. The van der Waals surface area contributed by atoms with E-state index in [0.29, 0.717) is 0 Å². The Morgan fingerprint density at radius 1 is 1.60 bits per heavy atom. The highest BCUT2D eigenvalue weighted by Gasteiger charge is 2.27. The first-order chi connectivity index (χ1) is 7.15. The van der Waals surface area contributed by atoms with Gasteiger partial charge in [-0.1, -0.05) is 17.7 Å². The van der Waals surface area contributed by atoms with Crippen LogP contribution < -0.4 is 4.74 Å². The number of rotatable bonds is 2. The number of aryl methyl sites for hydroxylation is 2. The SMILES string of the molecule is Cc1ccc2c(c1)CC[C@@H](C[P+](=O)O)O2. The third-order valence-electron chi connectivity index (χ3n) is 2.61. The lowest BCUT2D eigenvalue weighted by atomic mass is 10.0. The highest BCUT2D eigenvalue weighted by atomic mass is 31.1. The molecule has 15 heavy (non-hydrogen) atoms. The summed E-state index contributed by atoms with van der Waals surface area (Å²) in [5.74, 6) is 0.869. The molecule has 1 aliphatic heterocycles. The van der Waals surface area contributed by atoms with Crippen LogP contribution in [0.3, 0.4) is 0 Å². The lowest BCUT2D eigenvalue weighted by Gasteiger charge is -2.23. The molecule has 1 aliphatic rings. The van der Waals surface area contributed by atoms with Gasteiger partial charge in [0.1, 0.15) is 11.9 Å². The minimum atomic E-state index is -2.09. The van der Waals surface area contributed by atoms with Crippen LogP contribution >= 0.6 is 8.03 Å². The van der Waals surface area contributed by atoms with Crippen molar-refractivity contribution in [2.24, 2.45) is 0 Å². The van der Waals surface area contributed by atoms with Gasteiger partial charge in [-0.15, -0.1) is 0 Å². The van der Waals surface area contributed by atoms with E-state index in [4.69, 9.17) is 9.63 Å². The summed E-state index contributed by atoms with van der Waals surface area (Å²) in [6, 6.07) is 6.06. The number of benzene rings is 1. The lowest BCUT2D eigenvalue weighted by Crippen LogP contribution is -2.24. The molecule has 0 aliphatic carbocycles. The monoisotopic (exact) mass is 225 g/mol. The fourth-order valence-electron chi connectivity index (χ4n) is 1.88. The molecule has 0 fully saturated rings. The van der Waals surface area contributed by atoms with Gasteiger partial charge in [0.25, 0.3) is 0 Å². The first-order valence-electron chi connectivity index (χ1n) is 5.05. The zero-order chi connectivity index (χ0) is 10.8. The van der Waals surface area contributed by atoms with Crippen molar-refractivity contribution < 1.29 is 14.2 Å². The molecule has 1 aromatic carbocycles. The van der Waals surface area contributed by atoms with E-state index in [0.717, 1.165) is 18.6 Å². The van der Waals surface area contributed by atoms with Crippen molar-refractivity contribution in [1.29, 1.82) is 0 Å². The fraction of sp³-hybridized carbons (Fsp3) is 0.455. The van der Waals surface area contributed by atoms with Gasteiger partial charge in [-0.2, -0.15) is 4.89 Å². The van der Waals surface area contributed by atoms with E-state index in [1.807, 2.05) is 12.1 Å². The van der Waals surface area contributed by atoms with Crippen LogP contribution in [0.25, 0.3) is 0 Å². The van der Waals surface area contributed by atoms with E-state index >= 15 is 0 Å². The Kier molecular flexibility index (Phi) is 3.03. The topological polar surface area (TPSA) is 46.5 Å². The molecule has 0 saturated heterocycles. The largest absolute Gasteiger partial charge is 0.509 e. The molecule has 0 spiro atoms. The van der Waals surface area contributed by atoms with Gasteiger partial charge in [-0.25, -0.2) is 0 Å². The zero-order valence-electron chi connectivity index (χ0n) is 8.64. The highest BCUT2D eigenvalue weighted by molar-refractivity contribution is 7.38. The van der Waals surface area contributed by atoms with Gasteiger partial charge in [0, 0.05) is 0 Å². The molecule has 0 saturated carbocycles. The maximum absolute atomic E-state index is 10.7. The van der Waals surface area contributed by atoms with Crippen LogP contribution in [0.15, 0.2) is 18.2 Å². The summed E-state index contributed by atoms with van der Waals surface area (Å²) in [5.41, 5.74) is 2.43. The van der Waals surface area contributed by atoms with E-state index in [1.54, 1.807) is 0 Å². The summed E-state index contributed by atoms with van der Waals surface area (Å²) < 4.78 is 16.4. The van der Waals surface area contributed by atoms with Crippen LogP contribution in [0.4, 0.5) is 0 Å². The second-order valence-electron chi connectivity index (χ2n) is 3.92. The van der Waals surface area contributed by atoms with E-state index in [2.05, 4.69) is 13.0 Å². The Morgan fingerprint density at radius 3 is 3.13 bits per heavy atom. The molecule has 1 heterocycles. The summed E-state index contributed by atoms with van der Waals surface area (Å²) in [4.78, 5) is 8.83. The fourth-order valence-corrected chi connectivity index (χ4v) is 2.48. The molecule has 4 heteroatoms. The highest BCUT2D eigenvalue weighted by Crippen LogP contribution is 2.31. The number of hydrogen-bond donors (Lipinski definition) is 1. The number of fused-ring (bicyclic) bond motifs is 1. The molecule has 0 radical (unpaired) electrons. The Balaban J connectivity index is 2.13. The van der Waals surface area contributed by atoms with Gasteiger partial charge in [-0.3, -0.25) is 0 Å². The molecule has 0 amide bonds. The second kappa shape index (κ2) is 4.30. The number of ether oxygens (including phenoxy) is 1. The van der Waals surface area contributed by atoms with E-state index in [1.165, 1.54) is 11.1 Å². The van der Waals surface area contributed by atoms with Gasteiger partial charge in [-0.05, 0) is 36.0 Å². The van der Waals surface area contributed by atoms with Crippen molar-refractivity contribution in [2.75, 3.05) is 6.16 Å². The van der Waals surface area contributed by atoms with Crippen LogP contribution in [-0.4, -0.2) is 17.2 Å². The summed E-state index contributed by atoms with van der Waals surface area (Å²) in [6.45, 7) is 2.05. The third kappa shape index (κ3) is 2.55. The van der Waals surface area contributed by atoms with Crippen molar-refractivity contribution >= 4 is 8.03 Å². The van der Waals surface area contributed by atoms with E-state index in [-0.39, 0.29) is 12.3 Å². The lowest BCUT2D eigenvalue weighted by molar-refractivity contribution is 0.193. The van der Waals surface area contributed by atoms with Crippen LogP contribution in [-0.2, 0) is 11.0 Å². The molecule has 0 bridgehead atoms. The van der Waals surface area contributed by atoms with E-state index < -0.39 is 8.03 Å².